The van der Waals surface area contributed by atoms with Gasteiger partial charge >= 0.3 is 0 Å². The second-order valence-electron chi connectivity index (χ2n) is 4.94. The van der Waals surface area contributed by atoms with Crippen molar-refractivity contribution in [2.24, 2.45) is 0 Å². The molecule has 0 saturated carbocycles. The molecule has 0 aliphatic heterocycles. The highest BCUT2D eigenvalue weighted by Gasteiger charge is 2.36. The van der Waals surface area contributed by atoms with E-state index < -0.39 is 7.41 Å². The Morgan fingerprint density at radius 1 is 0.842 bits per heavy atom. The minimum Gasteiger partial charge on any atom is -0.183 e. The molecule has 0 atom stereocenters. The maximum atomic E-state index is 3.84. The molecule has 1 nitrogen and oxygen atoms in total. The first-order valence-corrected chi connectivity index (χ1v) is 9.24. The van der Waals surface area contributed by atoms with Crippen LogP contribution in [-0.4, -0.2) is 13.2 Å². The second kappa shape index (κ2) is 6.84. The third-order valence-corrected chi connectivity index (χ3v) is 7.02. The molecular weight excluding hydrogens is 249 g/mol. The van der Waals surface area contributed by atoms with Crippen LogP contribution in [0.5, 0.6) is 0 Å². The zero-order valence-electron chi connectivity index (χ0n) is 11.8. The maximum absolute atomic E-state index is 3.84. The minimum absolute atomic E-state index is 1.09. The smallest absolute Gasteiger partial charge is 0.142 e. The van der Waals surface area contributed by atoms with Gasteiger partial charge in [-0.15, -0.1) is 0 Å². The summed E-state index contributed by atoms with van der Waals surface area (Å²) >= 11 is 0. The van der Waals surface area contributed by atoms with E-state index in [4.69, 9.17) is 0 Å². The molecule has 0 aromatic heterocycles. The number of nitrogens with one attached hydrogen (secondary N) is 1. The van der Waals surface area contributed by atoms with Crippen LogP contribution < -0.4 is 15.7 Å². The molecule has 0 fully saturated rings. The molecule has 2 heteroatoms. The number of benzene rings is 2. The van der Waals surface area contributed by atoms with Gasteiger partial charge in [0.15, 0.2) is 0 Å². The molecule has 1 N–H and O–H groups in total. The van der Waals surface area contributed by atoms with Crippen molar-refractivity contribution in [3.8, 4) is 0 Å². The summed E-state index contributed by atoms with van der Waals surface area (Å²) in [5.41, 5.74) is 0. The van der Waals surface area contributed by atoms with Crippen LogP contribution in [0.1, 0.15) is 19.8 Å². The standard InChI is InChI=1S/C17H23NP/c1-3-4-15-18-19(2,16-11-7-5-8-12-16)17-13-9-6-10-14-17/h5-14,18H,3-4,15H2,1-2H3/q+1. The molecule has 0 saturated heterocycles. The van der Waals surface area contributed by atoms with Gasteiger partial charge in [-0.2, -0.15) is 5.09 Å². The van der Waals surface area contributed by atoms with Crippen molar-refractivity contribution in [3.05, 3.63) is 60.7 Å². The van der Waals surface area contributed by atoms with E-state index in [1.165, 1.54) is 23.5 Å². The molecule has 0 heterocycles. The van der Waals surface area contributed by atoms with Gasteiger partial charge in [-0.1, -0.05) is 49.7 Å². The van der Waals surface area contributed by atoms with Gasteiger partial charge in [0.2, 0.25) is 0 Å². The Balaban J connectivity index is 2.33. The van der Waals surface area contributed by atoms with Crippen LogP contribution in [0.4, 0.5) is 0 Å². The Morgan fingerprint density at radius 3 is 1.74 bits per heavy atom. The van der Waals surface area contributed by atoms with Gasteiger partial charge in [-0.25, -0.2) is 0 Å². The normalized spacial score (nSPS) is 11.5. The van der Waals surface area contributed by atoms with Gasteiger partial charge < -0.3 is 0 Å². The average Bonchev–Trinajstić information content (AvgIpc) is 2.49. The van der Waals surface area contributed by atoms with Crippen LogP contribution in [0.3, 0.4) is 0 Å². The molecule has 2 aromatic carbocycles. The van der Waals surface area contributed by atoms with E-state index in [1.807, 2.05) is 0 Å². The Labute approximate surface area is 117 Å². The lowest BCUT2D eigenvalue weighted by molar-refractivity contribution is 0.770. The number of hydrogen-bond acceptors (Lipinski definition) is 1. The molecule has 0 radical (unpaired) electrons. The van der Waals surface area contributed by atoms with Crippen molar-refractivity contribution in [1.82, 2.24) is 5.09 Å². The Morgan fingerprint density at radius 2 is 1.32 bits per heavy atom. The monoisotopic (exact) mass is 272 g/mol. The predicted molar refractivity (Wildman–Crippen MR) is 87.9 cm³/mol. The van der Waals surface area contributed by atoms with E-state index in [2.05, 4.69) is 79.3 Å². The van der Waals surface area contributed by atoms with Crippen molar-refractivity contribution in [3.63, 3.8) is 0 Å². The molecule has 2 rings (SSSR count). The van der Waals surface area contributed by atoms with Crippen LogP contribution in [0.15, 0.2) is 60.7 Å². The number of rotatable bonds is 6. The quantitative estimate of drug-likeness (QED) is 0.626. The van der Waals surface area contributed by atoms with Gasteiger partial charge in [0.25, 0.3) is 0 Å². The Bertz CT molecular complexity index is 442. The second-order valence-corrected chi connectivity index (χ2v) is 8.30. The van der Waals surface area contributed by atoms with Crippen LogP contribution in [-0.2, 0) is 0 Å². The third kappa shape index (κ3) is 3.43. The van der Waals surface area contributed by atoms with Crippen molar-refractivity contribution in [1.29, 1.82) is 0 Å². The first-order chi connectivity index (χ1) is 9.27. The Hall–Kier alpha value is -1.17. The van der Waals surface area contributed by atoms with Crippen LogP contribution in [0.2, 0.25) is 0 Å². The van der Waals surface area contributed by atoms with Gasteiger partial charge in [-0.3, -0.25) is 0 Å². The van der Waals surface area contributed by atoms with Crippen molar-refractivity contribution >= 4 is 18.0 Å². The largest absolute Gasteiger partial charge is 0.183 e. The predicted octanol–water partition coefficient (Wildman–Crippen LogP) is 3.59. The minimum atomic E-state index is -1.45. The van der Waals surface area contributed by atoms with Gasteiger partial charge in [0.05, 0.1) is 6.66 Å². The first-order valence-electron chi connectivity index (χ1n) is 7.00. The van der Waals surface area contributed by atoms with E-state index in [1.54, 1.807) is 0 Å². The highest BCUT2D eigenvalue weighted by atomic mass is 31.2. The van der Waals surface area contributed by atoms with Gasteiger partial charge in [0, 0.05) is 6.54 Å². The lowest BCUT2D eigenvalue weighted by Crippen LogP contribution is -2.33. The summed E-state index contributed by atoms with van der Waals surface area (Å²) in [4.78, 5) is 0. The molecule has 0 aliphatic carbocycles. The lowest BCUT2D eigenvalue weighted by atomic mass is 10.3. The average molecular weight is 272 g/mol. The zero-order chi connectivity index (χ0) is 13.6. The van der Waals surface area contributed by atoms with Crippen LogP contribution >= 0.6 is 7.41 Å². The molecular formula is C17H23NP+. The van der Waals surface area contributed by atoms with E-state index in [9.17, 15) is 0 Å². The first kappa shape index (κ1) is 14.2. The molecule has 0 amide bonds. The van der Waals surface area contributed by atoms with Crippen molar-refractivity contribution in [2.75, 3.05) is 13.2 Å². The maximum Gasteiger partial charge on any atom is 0.142 e. The molecule has 19 heavy (non-hydrogen) atoms. The Kier molecular flexibility index (Phi) is 5.13. The van der Waals surface area contributed by atoms with Gasteiger partial charge in [-0.05, 0) is 30.7 Å². The zero-order valence-corrected chi connectivity index (χ0v) is 12.7. The SMILES string of the molecule is CCCCN[P+](C)(c1ccccc1)c1ccccc1. The summed E-state index contributed by atoms with van der Waals surface area (Å²) in [6, 6.07) is 21.7. The molecule has 100 valence electrons. The molecule has 0 bridgehead atoms. The van der Waals surface area contributed by atoms with E-state index in [-0.39, 0.29) is 0 Å². The van der Waals surface area contributed by atoms with Gasteiger partial charge in [0.1, 0.15) is 18.0 Å². The van der Waals surface area contributed by atoms with E-state index >= 15 is 0 Å². The number of hydrogen-bond donors (Lipinski definition) is 1. The number of unbranched alkanes of at least 4 members (excludes halogenated alkanes) is 1. The summed E-state index contributed by atoms with van der Waals surface area (Å²) < 4.78 is 0. The molecule has 0 spiro atoms. The summed E-state index contributed by atoms with van der Waals surface area (Å²) in [6.45, 7) is 5.71. The van der Waals surface area contributed by atoms with E-state index in [0.717, 1.165) is 6.54 Å². The summed E-state index contributed by atoms with van der Waals surface area (Å²) in [5.74, 6) is 0. The summed E-state index contributed by atoms with van der Waals surface area (Å²) in [5, 5.41) is 6.70. The van der Waals surface area contributed by atoms with Crippen LogP contribution in [0, 0.1) is 0 Å². The fourth-order valence-corrected chi connectivity index (χ4v) is 5.07. The fraction of sp³-hybridized carbons (Fsp3) is 0.294. The summed E-state index contributed by atoms with van der Waals surface area (Å²) in [6.07, 6.45) is 2.46. The van der Waals surface area contributed by atoms with Crippen molar-refractivity contribution < 1.29 is 0 Å². The van der Waals surface area contributed by atoms with E-state index in [0.29, 0.717) is 0 Å². The van der Waals surface area contributed by atoms with Crippen LogP contribution in [0.25, 0.3) is 0 Å². The highest BCUT2D eigenvalue weighted by molar-refractivity contribution is 7.87. The fourth-order valence-electron chi connectivity index (χ4n) is 2.26. The topological polar surface area (TPSA) is 12.0 Å². The highest BCUT2D eigenvalue weighted by Crippen LogP contribution is 2.47. The molecule has 0 aliphatic rings. The molecule has 0 unspecified atom stereocenters. The summed E-state index contributed by atoms with van der Waals surface area (Å²) in [7, 11) is -1.45. The third-order valence-electron chi connectivity index (χ3n) is 3.50. The van der Waals surface area contributed by atoms with Crippen molar-refractivity contribution in [2.45, 2.75) is 19.8 Å². The lowest BCUT2D eigenvalue weighted by Gasteiger charge is -2.23. The molecule has 2 aromatic rings.